The highest BCUT2D eigenvalue weighted by Crippen LogP contribution is 2.48. The first kappa shape index (κ1) is 35.1. The van der Waals surface area contributed by atoms with Crippen molar-refractivity contribution in [3.05, 3.63) is 33.7 Å². The molecule has 0 amide bonds. The first-order chi connectivity index (χ1) is 17.2. The molecule has 0 unspecified atom stereocenters. The van der Waals surface area contributed by atoms with Crippen molar-refractivity contribution < 1.29 is 27.9 Å². The third kappa shape index (κ3) is 7.27. The van der Waals surface area contributed by atoms with Gasteiger partial charge in [0, 0.05) is 28.1 Å². The topological polar surface area (TPSA) is 84.1 Å². The normalized spacial score (nSPS) is 25.8. The molecule has 2 heterocycles. The van der Waals surface area contributed by atoms with Gasteiger partial charge in [-0.1, -0.05) is 62.3 Å². The summed E-state index contributed by atoms with van der Waals surface area (Å²) in [6.07, 6.45) is -2.18. The molecule has 226 valence electrons. The molecule has 7 nitrogen and oxygen atoms in total. The smallest absolute Gasteiger partial charge is 0.283 e. The monoisotopic (exact) mass is 663 g/mol. The van der Waals surface area contributed by atoms with Crippen LogP contribution >= 0.6 is 15.9 Å². The van der Waals surface area contributed by atoms with Crippen LogP contribution in [0, 0.1) is 5.21 Å². The van der Waals surface area contributed by atoms with E-state index in [1.165, 1.54) is 0 Å². The number of ether oxygens (including phenoxy) is 1. The van der Waals surface area contributed by atoms with Gasteiger partial charge in [-0.25, -0.2) is 0 Å². The molecule has 1 aromatic heterocycles. The van der Waals surface area contributed by atoms with Crippen LogP contribution in [-0.4, -0.2) is 55.0 Å². The van der Waals surface area contributed by atoms with Gasteiger partial charge in [0.15, 0.2) is 25.0 Å². The zero-order valence-corrected chi connectivity index (χ0v) is 31.6. The van der Waals surface area contributed by atoms with Crippen LogP contribution in [0.15, 0.2) is 22.8 Å². The molecule has 0 aromatic carbocycles. The molecule has 4 atom stereocenters. The summed E-state index contributed by atoms with van der Waals surface area (Å²) in [6.45, 7) is 32.9. The Morgan fingerprint density at radius 1 is 0.872 bits per heavy atom. The Morgan fingerprint density at radius 3 is 1.79 bits per heavy atom. The molecule has 39 heavy (non-hydrogen) atoms. The van der Waals surface area contributed by atoms with Crippen LogP contribution in [-0.2, 0) is 23.8 Å². The van der Waals surface area contributed by atoms with Crippen LogP contribution in [0.1, 0.15) is 68.0 Å². The van der Waals surface area contributed by atoms with E-state index >= 15 is 0 Å². The lowest BCUT2D eigenvalue weighted by Crippen LogP contribution is -2.58. The molecule has 1 aromatic rings. The van der Waals surface area contributed by atoms with E-state index in [9.17, 15) is 10.3 Å². The van der Waals surface area contributed by atoms with Crippen molar-refractivity contribution >= 4 is 40.9 Å². The summed E-state index contributed by atoms with van der Waals surface area (Å²) in [5, 5.41) is 25.5. The second-order valence-corrected chi connectivity index (χ2v) is 30.7. The highest BCUT2D eigenvalue weighted by molar-refractivity contribution is 9.10. The molecule has 0 bridgehead atoms. The summed E-state index contributed by atoms with van der Waals surface area (Å²) in [4.78, 5) is 0. The molecule has 1 aliphatic rings. The highest BCUT2D eigenvalue weighted by Gasteiger charge is 2.64. The molecule has 2 rings (SSSR count). The lowest BCUT2D eigenvalue weighted by Gasteiger charge is -2.45. The molecule has 1 N–H and O–H groups in total. The maximum atomic E-state index is 13.3. The average molecular weight is 665 g/mol. The lowest BCUT2D eigenvalue weighted by atomic mass is 10.0. The molecular weight excluding hydrogens is 610 g/mol. The van der Waals surface area contributed by atoms with Crippen molar-refractivity contribution in [3.63, 3.8) is 0 Å². The van der Waals surface area contributed by atoms with E-state index < -0.39 is 49.1 Å². The number of hydrogen-bond donors (Lipinski definition) is 1. The third-order valence-corrected chi connectivity index (χ3v) is 23.5. The molecule has 0 spiro atoms. The fourth-order valence-electron chi connectivity index (χ4n) is 3.65. The van der Waals surface area contributed by atoms with Crippen LogP contribution in [0.5, 0.6) is 0 Å². The second kappa shape index (κ2) is 11.2. The molecule has 0 radical (unpaired) electrons. The van der Waals surface area contributed by atoms with E-state index in [0.29, 0.717) is 4.73 Å². The molecular formula is C28H54BrNO6Si3. The number of rotatable bonds is 8. The summed E-state index contributed by atoms with van der Waals surface area (Å²) >= 11 is 3.32. The Kier molecular flexibility index (Phi) is 10.1. The fraction of sp³-hybridized carbons (Fsp3) is 0.821. The van der Waals surface area contributed by atoms with Crippen molar-refractivity contribution in [2.24, 2.45) is 0 Å². The van der Waals surface area contributed by atoms with Gasteiger partial charge in [-0.2, -0.15) is 4.73 Å². The van der Waals surface area contributed by atoms with Gasteiger partial charge in [0.2, 0.25) is 0 Å². The van der Waals surface area contributed by atoms with Gasteiger partial charge < -0.3 is 28.3 Å². The number of halogens is 1. The number of aromatic nitrogens is 1. The standard InChI is InChI=1S/C28H54BrNO6Si3/c1-25(2,3)37(10,11)33-19-20-23(35-38(12,13)26(4,5)6)24(36-39(14,15)27(7,8)9)28(31,34-20)21-17-16-18-22(29)30(21)32/h16-18,20,23-24,31H,19H2,1-15H3/t20-,23-,24-,28-/m1/s1. The van der Waals surface area contributed by atoms with E-state index in [2.05, 4.69) is 118 Å². The zero-order valence-electron chi connectivity index (χ0n) is 27.0. The van der Waals surface area contributed by atoms with Gasteiger partial charge in [0.25, 0.3) is 16.1 Å². The summed E-state index contributed by atoms with van der Waals surface area (Å²) < 4.78 is 28.1. The summed E-state index contributed by atoms with van der Waals surface area (Å²) in [7, 11) is -6.99. The molecule has 1 fully saturated rings. The number of nitrogens with zero attached hydrogens (tertiary/aromatic N) is 1. The van der Waals surface area contributed by atoms with Crippen molar-refractivity contribution in [3.8, 4) is 0 Å². The Balaban J connectivity index is 2.74. The van der Waals surface area contributed by atoms with Crippen LogP contribution in [0.3, 0.4) is 0 Å². The first-order valence-corrected chi connectivity index (χ1v) is 23.5. The third-order valence-electron chi connectivity index (χ3n) is 9.53. The van der Waals surface area contributed by atoms with Crippen LogP contribution < -0.4 is 4.73 Å². The summed E-state index contributed by atoms with van der Waals surface area (Å²) in [5.41, 5.74) is 0.0687. The van der Waals surface area contributed by atoms with Crippen molar-refractivity contribution in [1.82, 2.24) is 0 Å². The van der Waals surface area contributed by atoms with E-state index in [1.54, 1.807) is 18.2 Å². The van der Waals surface area contributed by atoms with Crippen molar-refractivity contribution in [1.29, 1.82) is 0 Å². The van der Waals surface area contributed by atoms with Crippen molar-refractivity contribution in [2.45, 2.75) is 141 Å². The molecule has 0 aliphatic carbocycles. The van der Waals surface area contributed by atoms with Gasteiger partial charge in [0.1, 0.15) is 18.3 Å². The minimum atomic E-state index is -2.46. The maximum absolute atomic E-state index is 13.3. The Hall–Kier alpha value is -0.119. The maximum Gasteiger partial charge on any atom is 0.283 e. The molecule has 1 saturated heterocycles. The van der Waals surface area contributed by atoms with Crippen LogP contribution in [0.2, 0.25) is 54.4 Å². The highest BCUT2D eigenvalue weighted by atomic mass is 79.9. The quantitative estimate of drug-likeness (QED) is 0.135. The minimum absolute atomic E-state index is 0.00291. The molecule has 1 aliphatic heterocycles. The molecule has 11 heteroatoms. The SMILES string of the molecule is CC(C)(C)[Si](C)(C)OC[C@H]1O[C@](O)(c2cccc(Br)[n+]2[O-])[C@H](O[Si](C)(C)C(C)(C)C)[C@@H]1O[Si](C)(C)C(C)(C)C. The fourth-order valence-corrected chi connectivity index (χ4v) is 7.60. The predicted octanol–water partition coefficient (Wildman–Crippen LogP) is 7.43. The number of pyridine rings is 1. The number of hydrogen-bond acceptors (Lipinski definition) is 6. The van der Waals surface area contributed by atoms with Crippen LogP contribution in [0.25, 0.3) is 0 Å². The second-order valence-electron chi connectivity index (χ2n) is 15.6. The van der Waals surface area contributed by atoms with Gasteiger partial charge >= 0.3 is 0 Å². The summed E-state index contributed by atoms with van der Waals surface area (Å²) in [6, 6.07) is 4.96. The lowest BCUT2D eigenvalue weighted by molar-refractivity contribution is -0.641. The van der Waals surface area contributed by atoms with Gasteiger partial charge in [-0.05, 0) is 60.5 Å². The number of aliphatic hydroxyl groups is 1. The predicted molar refractivity (Wildman–Crippen MR) is 169 cm³/mol. The first-order valence-electron chi connectivity index (χ1n) is 14.0. The van der Waals surface area contributed by atoms with Gasteiger partial charge in [-0.15, -0.1) is 0 Å². The van der Waals surface area contributed by atoms with Gasteiger partial charge in [-0.3, -0.25) is 0 Å². The van der Waals surface area contributed by atoms with E-state index in [0.717, 1.165) is 0 Å². The van der Waals surface area contributed by atoms with Crippen molar-refractivity contribution in [2.75, 3.05) is 6.61 Å². The average Bonchev–Trinajstić information content (AvgIpc) is 2.97. The Morgan fingerprint density at radius 2 is 1.33 bits per heavy atom. The van der Waals surface area contributed by atoms with E-state index in [-0.39, 0.29) is 32.0 Å². The Labute approximate surface area is 249 Å². The van der Waals surface area contributed by atoms with E-state index in [4.69, 9.17) is 18.0 Å². The van der Waals surface area contributed by atoms with Crippen LogP contribution in [0.4, 0.5) is 0 Å². The Bertz CT molecular complexity index is 1020. The molecule has 0 saturated carbocycles. The summed E-state index contributed by atoms with van der Waals surface area (Å²) in [5.74, 6) is -2.03. The largest absolute Gasteiger partial charge is 0.618 e. The zero-order chi connectivity index (χ0) is 30.6. The van der Waals surface area contributed by atoms with E-state index in [1.807, 2.05) is 0 Å². The van der Waals surface area contributed by atoms with Gasteiger partial charge in [0.05, 0.1) is 6.61 Å². The minimum Gasteiger partial charge on any atom is -0.618 e.